The SMILES string of the molecule is CCCC1CC(=O)N(CC(=O)Nc2ccc(F)c(F)c2)CN1. The standard InChI is InChI=1S/C15H19F2N3O2/c1-2-3-10-7-15(22)20(9-18-10)8-14(21)19-11-4-5-12(16)13(17)6-11/h4-6,10,18H,2-3,7-9H2,1H3,(H,19,21). The molecule has 2 N–H and O–H groups in total. The van der Waals surface area contributed by atoms with Gasteiger partial charge < -0.3 is 10.2 Å². The predicted molar refractivity (Wildman–Crippen MR) is 78.0 cm³/mol. The van der Waals surface area contributed by atoms with E-state index in [1.54, 1.807) is 0 Å². The van der Waals surface area contributed by atoms with Gasteiger partial charge >= 0.3 is 0 Å². The molecule has 1 atom stereocenters. The highest BCUT2D eigenvalue weighted by Crippen LogP contribution is 2.14. The molecule has 0 bridgehead atoms. The first-order chi connectivity index (χ1) is 10.5. The number of hydrogen-bond donors (Lipinski definition) is 2. The van der Waals surface area contributed by atoms with Gasteiger partial charge in [0.25, 0.3) is 0 Å². The van der Waals surface area contributed by atoms with Crippen LogP contribution >= 0.6 is 0 Å². The Morgan fingerprint density at radius 3 is 2.82 bits per heavy atom. The lowest BCUT2D eigenvalue weighted by molar-refractivity contribution is -0.138. The van der Waals surface area contributed by atoms with E-state index in [0.29, 0.717) is 13.1 Å². The van der Waals surface area contributed by atoms with Gasteiger partial charge in [-0.1, -0.05) is 13.3 Å². The van der Waals surface area contributed by atoms with Crippen LogP contribution in [0.15, 0.2) is 18.2 Å². The smallest absolute Gasteiger partial charge is 0.244 e. The van der Waals surface area contributed by atoms with E-state index in [1.165, 1.54) is 11.0 Å². The zero-order valence-corrected chi connectivity index (χ0v) is 12.4. The molecular formula is C15H19F2N3O2. The third-order valence-corrected chi connectivity index (χ3v) is 3.52. The van der Waals surface area contributed by atoms with Crippen LogP contribution in [0.2, 0.25) is 0 Å². The molecule has 22 heavy (non-hydrogen) atoms. The predicted octanol–water partition coefficient (Wildman–Crippen LogP) is 1.85. The maximum atomic E-state index is 13.1. The fourth-order valence-corrected chi connectivity index (χ4v) is 2.38. The lowest BCUT2D eigenvalue weighted by atomic mass is 10.1. The maximum absolute atomic E-state index is 13.1. The Morgan fingerprint density at radius 1 is 1.41 bits per heavy atom. The second kappa shape index (κ2) is 7.31. The summed E-state index contributed by atoms with van der Waals surface area (Å²) in [5.74, 6) is -2.54. The molecule has 2 rings (SSSR count). The maximum Gasteiger partial charge on any atom is 0.244 e. The molecule has 1 aromatic carbocycles. The Hall–Kier alpha value is -2.02. The average molecular weight is 311 g/mol. The van der Waals surface area contributed by atoms with E-state index in [4.69, 9.17) is 0 Å². The number of carbonyl (C=O) groups excluding carboxylic acids is 2. The van der Waals surface area contributed by atoms with Gasteiger partial charge in [-0.05, 0) is 18.6 Å². The van der Waals surface area contributed by atoms with Gasteiger partial charge in [0.1, 0.15) is 6.54 Å². The summed E-state index contributed by atoms with van der Waals surface area (Å²) in [5.41, 5.74) is 0.158. The van der Waals surface area contributed by atoms with Gasteiger partial charge in [-0.3, -0.25) is 14.9 Å². The Balaban J connectivity index is 1.87. The van der Waals surface area contributed by atoms with Crippen molar-refractivity contribution in [3.05, 3.63) is 29.8 Å². The van der Waals surface area contributed by atoms with E-state index in [0.717, 1.165) is 25.0 Å². The first kappa shape index (κ1) is 16.4. The number of amides is 2. The van der Waals surface area contributed by atoms with Gasteiger partial charge in [0.2, 0.25) is 11.8 Å². The van der Waals surface area contributed by atoms with E-state index in [2.05, 4.69) is 10.6 Å². The highest BCUT2D eigenvalue weighted by Gasteiger charge is 2.26. The quantitative estimate of drug-likeness (QED) is 0.872. The molecule has 1 aromatic rings. The summed E-state index contributed by atoms with van der Waals surface area (Å²) in [7, 11) is 0. The number of hydrogen-bond acceptors (Lipinski definition) is 3. The van der Waals surface area contributed by atoms with Gasteiger partial charge in [-0.2, -0.15) is 0 Å². The largest absolute Gasteiger partial charge is 0.324 e. The van der Waals surface area contributed by atoms with E-state index >= 15 is 0 Å². The number of nitrogens with one attached hydrogen (secondary N) is 2. The van der Waals surface area contributed by atoms with E-state index in [-0.39, 0.29) is 24.2 Å². The van der Waals surface area contributed by atoms with E-state index in [1.807, 2.05) is 6.92 Å². The minimum atomic E-state index is -1.03. The number of anilines is 1. The summed E-state index contributed by atoms with van der Waals surface area (Å²) in [6.07, 6.45) is 2.27. The third kappa shape index (κ3) is 4.24. The Bertz CT molecular complexity index is 566. The topological polar surface area (TPSA) is 61.4 Å². The van der Waals surface area contributed by atoms with Crippen LogP contribution in [0.3, 0.4) is 0 Å². The second-order valence-electron chi connectivity index (χ2n) is 5.32. The van der Waals surface area contributed by atoms with Crippen LogP contribution in [0.4, 0.5) is 14.5 Å². The molecule has 0 spiro atoms. The van der Waals surface area contributed by atoms with Crippen LogP contribution in [-0.2, 0) is 9.59 Å². The molecule has 1 unspecified atom stereocenters. The molecule has 120 valence electrons. The molecule has 1 aliphatic rings. The summed E-state index contributed by atoms with van der Waals surface area (Å²) in [6, 6.07) is 3.27. The van der Waals surface area contributed by atoms with Crippen molar-refractivity contribution in [3.8, 4) is 0 Å². The Morgan fingerprint density at radius 2 is 2.18 bits per heavy atom. The average Bonchev–Trinajstić information content (AvgIpc) is 2.46. The Kier molecular flexibility index (Phi) is 5.43. The molecule has 0 radical (unpaired) electrons. The van der Waals surface area contributed by atoms with Crippen molar-refractivity contribution in [2.24, 2.45) is 0 Å². The van der Waals surface area contributed by atoms with Gasteiger partial charge in [0.05, 0.1) is 6.67 Å². The number of nitrogens with zero attached hydrogens (tertiary/aromatic N) is 1. The molecule has 1 fully saturated rings. The van der Waals surface area contributed by atoms with Crippen molar-refractivity contribution >= 4 is 17.5 Å². The van der Waals surface area contributed by atoms with Crippen molar-refractivity contribution in [2.75, 3.05) is 18.5 Å². The summed E-state index contributed by atoms with van der Waals surface area (Å²) < 4.78 is 25.9. The molecule has 0 aromatic heterocycles. The molecule has 0 aliphatic carbocycles. The minimum Gasteiger partial charge on any atom is -0.324 e. The van der Waals surface area contributed by atoms with Gasteiger partial charge in [0.15, 0.2) is 11.6 Å². The molecular weight excluding hydrogens is 292 g/mol. The molecule has 7 heteroatoms. The van der Waals surface area contributed by atoms with Gasteiger partial charge in [-0.15, -0.1) is 0 Å². The normalized spacial score (nSPS) is 18.4. The monoisotopic (exact) mass is 311 g/mol. The molecule has 1 heterocycles. The molecule has 1 saturated heterocycles. The summed E-state index contributed by atoms with van der Waals surface area (Å²) in [5, 5.41) is 5.65. The highest BCUT2D eigenvalue weighted by atomic mass is 19.2. The molecule has 0 saturated carbocycles. The number of rotatable bonds is 5. The van der Waals surface area contributed by atoms with Crippen LogP contribution in [0.1, 0.15) is 26.2 Å². The fraction of sp³-hybridized carbons (Fsp3) is 0.467. The van der Waals surface area contributed by atoms with Crippen LogP contribution in [0, 0.1) is 11.6 Å². The van der Waals surface area contributed by atoms with Crippen molar-refractivity contribution in [2.45, 2.75) is 32.2 Å². The molecule has 1 aliphatic heterocycles. The lowest BCUT2D eigenvalue weighted by Gasteiger charge is -2.32. The summed E-state index contributed by atoms with van der Waals surface area (Å²) >= 11 is 0. The van der Waals surface area contributed by atoms with Crippen molar-refractivity contribution in [1.82, 2.24) is 10.2 Å². The second-order valence-corrected chi connectivity index (χ2v) is 5.32. The van der Waals surface area contributed by atoms with Gasteiger partial charge in [-0.25, -0.2) is 8.78 Å². The summed E-state index contributed by atoms with van der Waals surface area (Å²) in [6.45, 7) is 2.24. The van der Waals surface area contributed by atoms with Crippen LogP contribution in [0.25, 0.3) is 0 Å². The zero-order valence-electron chi connectivity index (χ0n) is 12.4. The number of benzene rings is 1. The molecule has 5 nitrogen and oxygen atoms in total. The van der Waals surface area contributed by atoms with Crippen molar-refractivity contribution in [3.63, 3.8) is 0 Å². The summed E-state index contributed by atoms with van der Waals surface area (Å²) in [4.78, 5) is 25.2. The zero-order chi connectivity index (χ0) is 16.1. The third-order valence-electron chi connectivity index (χ3n) is 3.52. The fourth-order valence-electron chi connectivity index (χ4n) is 2.38. The van der Waals surface area contributed by atoms with Crippen molar-refractivity contribution < 1.29 is 18.4 Å². The van der Waals surface area contributed by atoms with Crippen LogP contribution < -0.4 is 10.6 Å². The van der Waals surface area contributed by atoms with E-state index < -0.39 is 17.5 Å². The first-order valence-electron chi connectivity index (χ1n) is 7.25. The van der Waals surface area contributed by atoms with Crippen molar-refractivity contribution in [1.29, 1.82) is 0 Å². The van der Waals surface area contributed by atoms with Gasteiger partial charge in [0, 0.05) is 24.2 Å². The number of halogens is 2. The Labute approximate surface area is 127 Å². The van der Waals surface area contributed by atoms with E-state index in [9.17, 15) is 18.4 Å². The lowest BCUT2D eigenvalue weighted by Crippen LogP contribution is -2.52. The minimum absolute atomic E-state index is 0.0855. The first-order valence-corrected chi connectivity index (χ1v) is 7.25. The highest BCUT2D eigenvalue weighted by molar-refractivity contribution is 5.94. The number of carbonyl (C=O) groups is 2. The van der Waals surface area contributed by atoms with Crippen LogP contribution in [0.5, 0.6) is 0 Å². The van der Waals surface area contributed by atoms with Crippen LogP contribution in [-0.4, -0.2) is 36.0 Å². The molecule has 2 amide bonds.